The molecule has 1 atom stereocenters. The molecule has 1 aromatic heterocycles. The number of nitrogens with one attached hydrogen (secondary N) is 1. The second-order valence-corrected chi connectivity index (χ2v) is 5.70. The molecule has 2 rings (SSSR count). The highest BCUT2D eigenvalue weighted by Crippen LogP contribution is 2.19. The molecule has 1 aromatic rings. The Morgan fingerprint density at radius 3 is 2.79 bits per heavy atom. The zero-order valence-electron chi connectivity index (χ0n) is 12.4. The van der Waals surface area contributed by atoms with E-state index in [-0.39, 0.29) is 5.91 Å². The lowest BCUT2D eigenvalue weighted by Gasteiger charge is -2.30. The summed E-state index contributed by atoms with van der Waals surface area (Å²) >= 11 is 0. The van der Waals surface area contributed by atoms with Crippen LogP contribution >= 0.6 is 0 Å². The average molecular weight is 264 g/mol. The highest BCUT2D eigenvalue weighted by atomic mass is 16.2. The number of hydrogen-bond acceptors (Lipinski definition) is 3. The second-order valence-electron chi connectivity index (χ2n) is 5.70. The van der Waals surface area contributed by atoms with Crippen LogP contribution in [0.4, 0.5) is 5.69 Å². The standard InChI is InChI=1S/C14H24N4O/c1-10-6-5-7-18(8-10)9-13(19)15-14-11(2)16-17(4)12(14)3/h10H,5-9H2,1-4H3,(H,15,19)/t10-/m0/s1. The predicted molar refractivity (Wildman–Crippen MR) is 76.1 cm³/mol. The third-order valence-electron chi connectivity index (χ3n) is 3.88. The average Bonchev–Trinajstić information content (AvgIpc) is 2.56. The number of nitrogens with zero attached hydrogens (tertiary/aromatic N) is 3. The lowest BCUT2D eigenvalue weighted by atomic mass is 10.0. The Bertz CT molecular complexity index is 466. The van der Waals surface area contributed by atoms with Crippen molar-refractivity contribution in [3.8, 4) is 0 Å². The van der Waals surface area contributed by atoms with E-state index in [1.54, 1.807) is 4.68 Å². The summed E-state index contributed by atoms with van der Waals surface area (Å²) < 4.78 is 1.80. The van der Waals surface area contributed by atoms with Gasteiger partial charge < -0.3 is 5.32 Å². The molecular formula is C14H24N4O. The number of piperidine rings is 1. The van der Waals surface area contributed by atoms with Crippen LogP contribution in [-0.2, 0) is 11.8 Å². The maximum absolute atomic E-state index is 12.1. The van der Waals surface area contributed by atoms with Crippen LogP contribution in [0.2, 0.25) is 0 Å². The number of hydrogen-bond donors (Lipinski definition) is 1. The van der Waals surface area contributed by atoms with Crippen molar-refractivity contribution in [3.05, 3.63) is 11.4 Å². The highest BCUT2D eigenvalue weighted by Gasteiger charge is 2.19. The highest BCUT2D eigenvalue weighted by molar-refractivity contribution is 5.93. The Balaban J connectivity index is 1.94. The Morgan fingerprint density at radius 2 is 2.21 bits per heavy atom. The summed E-state index contributed by atoms with van der Waals surface area (Å²) in [6.07, 6.45) is 2.47. The van der Waals surface area contributed by atoms with E-state index in [1.807, 2.05) is 20.9 Å². The first-order valence-electron chi connectivity index (χ1n) is 6.99. The van der Waals surface area contributed by atoms with Crippen molar-refractivity contribution >= 4 is 11.6 Å². The molecule has 5 heteroatoms. The van der Waals surface area contributed by atoms with Crippen LogP contribution in [-0.4, -0.2) is 40.2 Å². The third kappa shape index (κ3) is 3.35. The maximum atomic E-state index is 12.1. The molecule has 1 amide bonds. The molecule has 5 nitrogen and oxygen atoms in total. The molecule has 0 spiro atoms. The predicted octanol–water partition coefficient (Wildman–Crippen LogP) is 1.71. The Labute approximate surface area is 115 Å². The zero-order valence-corrected chi connectivity index (χ0v) is 12.4. The molecule has 2 heterocycles. The van der Waals surface area contributed by atoms with Gasteiger partial charge in [-0.1, -0.05) is 6.92 Å². The summed E-state index contributed by atoms with van der Waals surface area (Å²) in [7, 11) is 1.89. The van der Waals surface area contributed by atoms with Crippen LogP contribution in [0.1, 0.15) is 31.2 Å². The quantitative estimate of drug-likeness (QED) is 0.904. The smallest absolute Gasteiger partial charge is 0.238 e. The zero-order chi connectivity index (χ0) is 14.0. The summed E-state index contributed by atoms with van der Waals surface area (Å²) in [5.74, 6) is 0.761. The summed E-state index contributed by atoms with van der Waals surface area (Å²) in [6.45, 7) is 8.68. The fourth-order valence-corrected chi connectivity index (χ4v) is 2.77. The van der Waals surface area contributed by atoms with E-state index in [9.17, 15) is 4.79 Å². The monoisotopic (exact) mass is 264 g/mol. The fraction of sp³-hybridized carbons (Fsp3) is 0.714. The van der Waals surface area contributed by atoms with Crippen molar-refractivity contribution in [2.24, 2.45) is 13.0 Å². The number of carbonyl (C=O) groups excluding carboxylic acids is 1. The topological polar surface area (TPSA) is 50.2 Å². The number of likely N-dealkylation sites (tertiary alicyclic amines) is 1. The molecule has 1 aliphatic heterocycles. The largest absolute Gasteiger partial charge is 0.322 e. The van der Waals surface area contributed by atoms with Gasteiger partial charge >= 0.3 is 0 Å². The van der Waals surface area contributed by atoms with E-state index in [2.05, 4.69) is 22.2 Å². The molecule has 106 valence electrons. The van der Waals surface area contributed by atoms with Crippen molar-refractivity contribution in [2.75, 3.05) is 25.0 Å². The van der Waals surface area contributed by atoms with Gasteiger partial charge in [-0.25, -0.2) is 0 Å². The molecule has 0 unspecified atom stereocenters. The lowest BCUT2D eigenvalue weighted by Crippen LogP contribution is -2.39. The minimum absolute atomic E-state index is 0.0632. The van der Waals surface area contributed by atoms with Gasteiger partial charge in [-0.2, -0.15) is 5.10 Å². The first-order valence-corrected chi connectivity index (χ1v) is 6.99. The van der Waals surface area contributed by atoms with Gasteiger partial charge in [0, 0.05) is 13.6 Å². The summed E-state index contributed by atoms with van der Waals surface area (Å²) in [5, 5.41) is 7.31. The number of anilines is 1. The summed E-state index contributed by atoms with van der Waals surface area (Å²) in [5.41, 5.74) is 2.73. The number of amides is 1. The minimum atomic E-state index is 0.0632. The molecule has 1 N–H and O–H groups in total. The van der Waals surface area contributed by atoms with Gasteiger partial charge in [-0.15, -0.1) is 0 Å². The molecule has 0 radical (unpaired) electrons. The van der Waals surface area contributed by atoms with Crippen LogP contribution in [0.15, 0.2) is 0 Å². The maximum Gasteiger partial charge on any atom is 0.238 e. The minimum Gasteiger partial charge on any atom is -0.322 e. The first-order chi connectivity index (χ1) is 8.97. The van der Waals surface area contributed by atoms with Gasteiger partial charge in [-0.05, 0) is 39.2 Å². The SMILES string of the molecule is Cc1nn(C)c(C)c1NC(=O)CN1CCC[C@H](C)C1. The van der Waals surface area contributed by atoms with E-state index in [0.29, 0.717) is 12.5 Å². The van der Waals surface area contributed by atoms with Crippen LogP contribution in [0.25, 0.3) is 0 Å². The number of aryl methyl sites for hydroxylation is 2. The molecule has 0 aromatic carbocycles. The van der Waals surface area contributed by atoms with E-state index >= 15 is 0 Å². The normalized spacial score (nSPS) is 20.5. The molecule has 0 saturated carbocycles. The van der Waals surface area contributed by atoms with Gasteiger partial charge in [-0.3, -0.25) is 14.4 Å². The van der Waals surface area contributed by atoms with Crippen LogP contribution < -0.4 is 5.32 Å². The fourth-order valence-electron chi connectivity index (χ4n) is 2.77. The molecule has 0 bridgehead atoms. The van der Waals surface area contributed by atoms with Crippen molar-refractivity contribution in [3.63, 3.8) is 0 Å². The Hall–Kier alpha value is -1.36. The Kier molecular flexibility index (Phi) is 4.24. The van der Waals surface area contributed by atoms with Crippen molar-refractivity contribution in [1.82, 2.24) is 14.7 Å². The van der Waals surface area contributed by atoms with Crippen LogP contribution in [0.3, 0.4) is 0 Å². The van der Waals surface area contributed by atoms with E-state index in [0.717, 1.165) is 30.2 Å². The van der Waals surface area contributed by atoms with Crippen LogP contribution in [0, 0.1) is 19.8 Å². The number of aromatic nitrogens is 2. The van der Waals surface area contributed by atoms with Crippen molar-refractivity contribution in [1.29, 1.82) is 0 Å². The van der Waals surface area contributed by atoms with Crippen molar-refractivity contribution in [2.45, 2.75) is 33.6 Å². The Morgan fingerprint density at radius 1 is 1.47 bits per heavy atom. The number of carbonyl (C=O) groups is 1. The summed E-state index contributed by atoms with van der Waals surface area (Å²) in [4.78, 5) is 14.4. The molecule has 1 aliphatic rings. The van der Waals surface area contributed by atoms with E-state index < -0.39 is 0 Å². The van der Waals surface area contributed by atoms with Gasteiger partial charge in [0.25, 0.3) is 0 Å². The molecule has 19 heavy (non-hydrogen) atoms. The molecular weight excluding hydrogens is 240 g/mol. The van der Waals surface area contributed by atoms with Gasteiger partial charge in [0.2, 0.25) is 5.91 Å². The second kappa shape index (κ2) is 5.74. The van der Waals surface area contributed by atoms with Gasteiger partial charge in [0.05, 0.1) is 23.6 Å². The lowest BCUT2D eigenvalue weighted by molar-refractivity contribution is -0.117. The third-order valence-corrected chi connectivity index (χ3v) is 3.88. The molecule has 1 fully saturated rings. The van der Waals surface area contributed by atoms with E-state index in [4.69, 9.17) is 0 Å². The summed E-state index contributed by atoms with van der Waals surface area (Å²) in [6, 6.07) is 0. The molecule has 0 aliphatic carbocycles. The van der Waals surface area contributed by atoms with Crippen molar-refractivity contribution < 1.29 is 4.79 Å². The van der Waals surface area contributed by atoms with E-state index in [1.165, 1.54) is 12.8 Å². The van der Waals surface area contributed by atoms with Gasteiger partial charge in [0.15, 0.2) is 0 Å². The first kappa shape index (κ1) is 14.1. The number of rotatable bonds is 3. The van der Waals surface area contributed by atoms with Gasteiger partial charge in [0.1, 0.15) is 0 Å². The van der Waals surface area contributed by atoms with Crippen LogP contribution in [0.5, 0.6) is 0 Å². The molecule has 1 saturated heterocycles.